The van der Waals surface area contributed by atoms with E-state index in [0.717, 1.165) is 22.4 Å². The van der Waals surface area contributed by atoms with Crippen molar-refractivity contribution in [2.45, 2.75) is 32.2 Å². The maximum atomic E-state index is 13.0. The molecule has 4 rings (SSSR count). The molecule has 150 valence electrons. The van der Waals surface area contributed by atoms with Crippen molar-refractivity contribution in [2.24, 2.45) is 5.92 Å². The van der Waals surface area contributed by atoms with E-state index in [1.165, 1.54) is 0 Å². The fourth-order valence-electron chi connectivity index (χ4n) is 3.95. The first kappa shape index (κ1) is 19.2. The van der Waals surface area contributed by atoms with E-state index in [1.54, 1.807) is 6.92 Å². The number of fused-ring (bicyclic) bond motifs is 1. The smallest absolute Gasteiger partial charge is 0.223 e. The fourth-order valence-corrected chi connectivity index (χ4v) is 3.95. The number of carbonyl (C=O) groups excluding carboxylic acids is 2. The molecular formula is C23H26N4O2. The molecular weight excluding hydrogens is 364 g/mol. The van der Waals surface area contributed by atoms with E-state index in [1.807, 2.05) is 47.4 Å². The number of hydrogen-bond acceptors (Lipinski definition) is 3. The van der Waals surface area contributed by atoms with Gasteiger partial charge in [-0.25, -0.2) is 4.98 Å². The summed E-state index contributed by atoms with van der Waals surface area (Å²) in [6.45, 7) is 2.86. The van der Waals surface area contributed by atoms with Crippen molar-refractivity contribution in [3.05, 3.63) is 66.0 Å². The quantitative estimate of drug-likeness (QED) is 0.702. The van der Waals surface area contributed by atoms with Crippen molar-refractivity contribution < 1.29 is 9.59 Å². The zero-order valence-electron chi connectivity index (χ0n) is 16.6. The van der Waals surface area contributed by atoms with Gasteiger partial charge in [0.2, 0.25) is 11.8 Å². The van der Waals surface area contributed by atoms with Gasteiger partial charge >= 0.3 is 0 Å². The number of aromatic nitrogens is 2. The summed E-state index contributed by atoms with van der Waals surface area (Å²) < 4.78 is 0. The second kappa shape index (κ2) is 8.47. The summed E-state index contributed by atoms with van der Waals surface area (Å²) in [5.74, 6) is 0.806. The average molecular weight is 390 g/mol. The second-order valence-corrected chi connectivity index (χ2v) is 7.67. The van der Waals surface area contributed by atoms with Gasteiger partial charge in [0.05, 0.1) is 17.1 Å². The van der Waals surface area contributed by atoms with Crippen LogP contribution in [0.15, 0.2) is 54.6 Å². The van der Waals surface area contributed by atoms with Crippen LogP contribution in [0.4, 0.5) is 0 Å². The van der Waals surface area contributed by atoms with Gasteiger partial charge in [-0.1, -0.05) is 42.5 Å². The van der Waals surface area contributed by atoms with Gasteiger partial charge < -0.3 is 15.2 Å². The minimum absolute atomic E-state index is 0.0367. The van der Waals surface area contributed by atoms with Gasteiger partial charge in [0.1, 0.15) is 5.82 Å². The van der Waals surface area contributed by atoms with E-state index < -0.39 is 0 Å². The lowest BCUT2D eigenvalue weighted by Gasteiger charge is -2.31. The Labute approximate surface area is 170 Å². The summed E-state index contributed by atoms with van der Waals surface area (Å²) in [5.41, 5.74) is 3.00. The first-order valence-corrected chi connectivity index (χ1v) is 10.1. The van der Waals surface area contributed by atoms with Crippen molar-refractivity contribution in [3.8, 4) is 0 Å². The van der Waals surface area contributed by atoms with E-state index in [-0.39, 0.29) is 23.8 Å². The molecule has 0 radical (unpaired) electrons. The van der Waals surface area contributed by atoms with Crippen molar-refractivity contribution in [3.63, 3.8) is 0 Å². The SMILES string of the molecule is CC(=O)N1CCC(C(=O)NC(Cc2ccccc2)c2nc3ccccc3[nH]2)CC1. The Bertz CT molecular complexity index is 957. The summed E-state index contributed by atoms with van der Waals surface area (Å²) >= 11 is 0. The number of hydrogen-bond donors (Lipinski definition) is 2. The van der Waals surface area contributed by atoms with Crippen LogP contribution in [-0.2, 0) is 16.0 Å². The predicted molar refractivity (Wildman–Crippen MR) is 112 cm³/mol. The standard InChI is InChI=1S/C23H26N4O2/c1-16(28)27-13-11-18(12-14-27)23(29)26-21(15-17-7-3-2-4-8-17)22-24-19-9-5-6-10-20(19)25-22/h2-10,18,21H,11-15H2,1H3,(H,24,25)(H,26,29). The Hall–Kier alpha value is -3.15. The van der Waals surface area contributed by atoms with Crippen LogP contribution in [0.3, 0.4) is 0 Å². The van der Waals surface area contributed by atoms with Crippen molar-refractivity contribution in [1.82, 2.24) is 20.2 Å². The van der Waals surface area contributed by atoms with E-state index in [9.17, 15) is 9.59 Å². The molecule has 1 fully saturated rings. The number of likely N-dealkylation sites (tertiary alicyclic amines) is 1. The Morgan fingerprint density at radius 2 is 1.79 bits per heavy atom. The van der Waals surface area contributed by atoms with Gasteiger partial charge in [0.15, 0.2) is 0 Å². The fraction of sp³-hybridized carbons (Fsp3) is 0.348. The normalized spacial score (nSPS) is 16.0. The van der Waals surface area contributed by atoms with Crippen LogP contribution < -0.4 is 5.32 Å². The number of nitrogens with zero attached hydrogens (tertiary/aromatic N) is 2. The molecule has 6 nitrogen and oxygen atoms in total. The van der Waals surface area contributed by atoms with Crippen LogP contribution in [0, 0.1) is 5.92 Å². The third kappa shape index (κ3) is 4.47. The summed E-state index contributed by atoms with van der Waals surface area (Å²) in [4.78, 5) is 34.4. The lowest BCUT2D eigenvalue weighted by molar-refractivity contribution is -0.134. The van der Waals surface area contributed by atoms with E-state index in [0.29, 0.717) is 32.4 Å². The molecule has 2 N–H and O–H groups in total. The number of aromatic amines is 1. The van der Waals surface area contributed by atoms with Gasteiger partial charge in [0, 0.05) is 25.9 Å². The van der Waals surface area contributed by atoms with Gasteiger partial charge in [-0.05, 0) is 37.0 Å². The first-order chi connectivity index (χ1) is 14.1. The molecule has 1 aliphatic rings. The number of para-hydroxylation sites is 2. The molecule has 0 bridgehead atoms. The zero-order chi connectivity index (χ0) is 20.2. The zero-order valence-corrected chi connectivity index (χ0v) is 16.6. The molecule has 0 spiro atoms. The molecule has 6 heteroatoms. The molecule has 2 amide bonds. The van der Waals surface area contributed by atoms with E-state index in [4.69, 9.17) is 4.98 Å². The highest BCUT2D eigenvalue weighted by molar-refractivity contribution is 5.80. The van der Waals surface area contributed by atoms with Crippen LogP contribution >= 0.6 is 0 Å². The van der Waals surface area contributed by atoms with E-state index in [2.05, 4.69) is 22.4 Å². The minimum atomic E-state index is -0.233. The number of carbonyl (C=O) groups is 2. The summed E-state index contributed by atoms with van der Waals surface area (Å²) in [7, 11) is 0. The highest BCUT2D eigenvalue weighted by atomic mass is 16.2. The first-order valence-electron chi connectivity index (χ1n) is 10.1. The number of piperidine rings is 1. The molecule has 0 aliphatic carbocycles. The van der Waals surface area contributed by atoms with Crippen molar-refractivity contribution in [1.29, 1.82) is 0 Å². The Morgan fingerprint density at radius 3 is 2.48 bits per heavy atom. The van der Waals surface area contributed by atoms with Gasteiger partial charge in [-0.15, -0.1) is 0 Å². The lowest BCUT2D eigenvalue weighted by atomic mass is 9.95. The number of nitrogens with one attached hydrogen (secondary N) is 2. The van der Waals surface area contributed by atoms with Crippen molar-refractivity contribution in [2.75, 3.05) is 13.1 Å². The number of rotatable bonds is 5. The number of benzene rings is 2. The molecule has 1 aliphatic heterocycles. The number of amides is 2. The van der Waals surface area contributed by atoms with Crippen molar-refractivity contribution >= 4 is 22.8 Å². The molecule has 1 unspecified atom stereocenters. The lowest BCUT2D eigenvalue weighted by Crippen LogP contribution is -2.43. The molecule has 29 heavy (non-hydrogen) atoms. The molecule has 1 atom stereocenters. The molecule has 1 saturated heterocycles. The largest absolute Gasteiger partial charge is 0.346 e. The Balaban J connectivity index is 1.52. The second-order valence-electron chi connectivity index (χ2n) is 7.67. The molecule has 3 aromatic rings. The third-order valence-corrected chi connectivity index (χ3v) is 5.65. The van der Waals surface area contributed by atoms with Crippen LogP contribution in [0.25, 0.3) is 11.0 Å². The number of H-pyrrole nitrogens is 1. The van der Waals surface area contributed by atoms with Crippen LogP contribution in [-0.4, -0.2) is 39.8 Å². The topological polar surface area (TPSA) is 78.1 Å². The summed E-state index contributed by atoms with van der Waals surface area (Å²) in [5, 5.41) is 3.22. The van der Waals surface area contributed by atoms with Crippen LogP contribution in [0.2, 0.25) is 0 Å². The maximum absolute atomic E-state index is 13.0. The third-order valence-electron chi connectivity index (χ3n) is 5.65. The predicted octanol–water partition coefficient (Wildman–Crippen LogP) is 3.22. The highest BCUT2D eigenvalue weighted by Gasteiger charge is 2.28. The van der Waals surface area contributed by atoms with Crippen LogP contribution in [0.1, 0.15) is 37.2 Å². The maximum Gasteiger partial charge on any atom is 0.223 e. The monoisotopic (exact) mass is 390 g/mol. The minimum Gasteiger partial charge on any atom is -0.346 e. The van der Waals surface area contributed by atoms with Crippen LogP contribution in [0.5, 0.6) is 0 Å². The van der Waals surface area contributed by atoms with E-state index >= 15 is 0 Å². The number of imidazole rings is 1. The average Bonchev–Trinajstić information content (AvgIpc) is 3.18. The van der Waals surface area contributed by atoms with Gasteiger partial charge in [-0.3, -0.25) is 9.59 Å². The van der Waals surface area contributed by atoms with Gasteiger partial charge in [0.25, 0.3) is 0 Å². The summed E-state index contributed by atoms with van der Waals surface area (Å²) in [6.07, 6.45) is 2.06. The Morgan fingerprint density at radius 1 is 1.10 bits per heavy atom. The summed E-state index contributed by atoms with van der Waals surface area (Å²) in [6, 6.07) is 17.8. The Kier molecular flexibility index (Phi) is 5.60. The molecule has 2 heterocycles. The van der Waals surface area contributed by atoms with Gasteiger partial charge in [-0.2, -0.15) is 0 Å². The molecule has 0 saturated carbocycles. The molecule has 1 aromatic heterocycles. The highest BCUT2D eigenvalue weighted by Crippen LogP contribution is 2.23. The molecule has 2 aromatic carbocycles.